The minimum Gasteiger partial charge on any atom is -0.481 e. The number of furan rings is 1. The van der Waals surface area contributed by atoms with Crippen LogP contribution in [0.2, 0.25) is 0 Å². The first kappa shape index (κ1) is 15.1. The second kappa shape index (κ2) is 8.18. The third kappa shape index (κ3) is 7.13. The van der Waals surface area contributed by atoms with E-state index in [1.165, 1.54) is 0 Å². The summed E-state index contributed by atoms with van der Waals surface area (Å²) in [6.07, 6.45) is 2.40. The maximum absolute atomic E-state index is 11.4. The lowest BCUT2D eigenvalue weighted by atomic mass is 10.2. The van der Waals surface area contributed by atoms with Gasteiger partial charge in [0.1, 0.15) is 11.5 Å². The van der Waals surface area contributed by atoms with E-state index in [0.717, 1.165) is 18.6 Å². The maximum atomic E-state index is 11.4. The first-order valence-electron chi connectivity index (χ1n) is 6.37. The van der Waals surface area contributed by atoms with E-state index in [1.54, 1.807) is 0 Å². The van der Waals surface area contributed by atoms with Crippen LogP contribution in [-0.4, -0.2) is 23.7 Å². The van der Waals surface area contributed by atoms with Gasteiger partial charge in [-0.3, -0.25) is 4.79 Å². The summed E-state index contributed by atoms with van der Waals surface area (Å²) in [6.45, 7) is 2.75. The van der Waals surface area contributed by atoms with Crippen molar-refractivity contribution in [2.24, 2.45) is 0 Å². The van der Waals surface area contributed by atoms with Crippen molar-refractivity contribution in [1.82, 2.24) is 10.6 Å². The van der Waals surface area contributed by atoms with Crippen LogP contribution in [0.4, 0.5) is 4.79 Å². The number of rotatable bonds is 8. The number of aryl methyl sites for hydroxylation is 1. The molecule has 0 aliphatic heterocycles. The fraction of sp³-hybridized carbons (Fsp3) is 0.538. The van der Waals surface area contributed by atoms with Gasteiger partial charge in [-0.15, -0.1) is 0 Å². The largest absolute Gasteiger partial charge is 0.481 e. The van der Waals surface area contributed by atoms with Crippen LogP contribution in [0.25, 0.3) is 0 Å². The number of hydrogen-bond donors (Lipinski definition) is 3. The SMILES string of the molecule is Cc1ccc(CNC(=O)NCCCCCC(=O)O)o1. The molecule has 6 heteroatoms. The van der Waals surface area contributed by atoms with Crippen LogP contribution >= 0.6 is 0 Å². The molecule has 0 saturated heterocycles. The predicted octanol–water partition coefficient (Wildman–Crippen LogP) is 2.03. The van der Waals surface area contributed by atoms with Crippen molar-refractivity contribution >= 4 is 12.0 Å². The van der Waals surface area contributed by atoms with Gasteiger partial charge >= 0.3 is 12.0 Å². The molecule has 1 heterocycles. The standard InChI is InChI=1S/C13H20N2O4/c1-10-6-7-11(19-10)9-15-13(18)14-8-4-2-3-5-12(16)17/h6-7H,2-5,8-9H2,1H3,(H,16,17)(H2,14,15,18). The Bertz CT molecular complexity index is 415. The van der Waals surface area contributed by atoms with Gasteiger partial charge in [-0.25, -0.2) is 4.79 Å². The lowest BCUT2D eigenvalue weighted by Gasteiger charge is -2.06. The second-order valence-electron chi connectivity index (χ2n) is 4.33. The summed E-state index contributed by atoms with van der Waals surface area (Å²) >= 11 is 0. The average Bonchev–Trinajstić information content (AvgIpc) is 2.76. The Morgan fingerprint density at radius 2 is 2.00 bits per heavy atom. The quantitative estimate of drug-likeness (QED) is 0.629. The number of nitrogens with one attached hydrogen (secondary N) is 2. The van der Waals surface area contributed by atoms with Crippen LogP contribution in [0.3, 0.4) is 0 Å². The lowest BCUT2D eigenvalue weighted by Crippen LogP contribution is -2.35. The minimum atomic E-state index is -0.778. The van der Waals surface area contributed by atoms with Gasteiger partial charge in [-0.2, -0.15) is 0 Å². The van der Waals surface area contributed by atoms with Crippen molar-refractivity contribution in [3.05, 3.63) is 23.7 Å². The smallest absolute Gasteiger partial charge is 0.315 e. The second-order valence-corrected chi connectivity index (χ2v) is 4.33. The van der Waals surface area contributed by atoms with E-state index in [2.05, 4.69) is 10.6 Å². The van der Waals surface area contributed by atoms with Gasteiger partial charge in [0.2, 0.25) is 0 Å². The molecular formula is C13H20N2O4. The molecule has 6 nitrogen and oxygen atoms in total. The topological polar surface area (TPSA) is 91.6 Å². The summed E-state index contributed by atoms with van der Waals surface area (Å²) in [6, 6.07) is 3.42. The van der Waals surface area contributed by atoms with Gasteiger partial charge in [0.05, 0.1) is 6.54 Å². The van der Waals surface area contributed by atoms with Crippen LogP contribution in [-0.2, 0) is 11.3 Å². The summed E-state index contributed by atoms with van der Waals surface area (Å²) < 4.78 is 5.32. The Morgan fingerprint density at radius 1 is 1.21 bits per heavy atom. The van der Waals surface area contributed by atoms with Crippen molar-refractivity contribution in [2.45, 2.75) is 39.2 Å². The zero-order chi connectivity index (χ0) is 14.1. The van der Waals surface area contributed by atoms with Gasteiger partial charge in [-0.1, -0.05) is 6.42 Å². The number of hydrogen-bond acceptors (Lipinski definition) is 3. The van der Waals surface area contributed by atoms with Crippen molar-refractivity contribution < 1.29 is 19.1 Å². The fourth-order valence-corrected chi connectivity index (χ4v) is 1.59. The van der Waals surface area contributed by atoms with E-state index in [-0.39, 0.29) is 12.5 Å². The van der Waals surface area contributed by atoms with Crippen LogP contribution in [0.5, 0.6) is 0 Å². The molecule has 0 radical (unpaired) electrons. The highest BCUT2D eigenvalue weighted by Gasteiger charge is 2.02. The van der Waals surface area contributed by atoms with Crippen molar-refractivity contribution in [1.29, 1.82) is 0 Å². The van der Waals surface area contributed by atoms with Gasteiger partial charge in [0.25, 0.3) is 0 Å². The van der Waals surface area contributed by atoms with Gasteiger partial charge in [0.15, 0.2) is 0 Å². The summed E-state index contributed by atoms with van der Waals surface area (Å²) in [5.74, 6) is 0.754. The first-order chi connectivity index (χ1) is 9.08. The Labute approximate surface area is 112 Å². The molecule has 106 valence electrons. The molecule has 0 spiro atoms. The summed E-state index contributed by atoms with van der Waals surface area (Å²) in [5, 5.41) is 13.8. The molecule has 0 aromatic carbocycles. The first-order valence-corrected chi connectivity index (χ1v) is 6.37. The van der Waals surface area contributed by atoms with Gasteiger partial charge in [0, 0.05) is 13.0 Å². The maximum Gasteiger partial charge on any atom is 0.315 e. The zero-order valence-electron chi connectivity index (χ0n) is 11.1. The summed E-state index contributed by atoms with van der Waals surface area (Å²) in [7, 11) is 0. The van der Waals surface area contributed by atoms with Gasteiger partial charge < -0.3 is 20.2 Å². The highest BCUT2D eigenvalue weighted by Crippen LogP contribution is 2.05. The number of carbonyl (C=O) groups is 2. The number of amides is 2. The lowest BCUT2D eigenvalue weighted by molar-refractivity contribution is -0.137. The van der Waals surface area contributed by atoms with Crippen LogP contribution in [0.15, 0.2) is 16.5 Å². The minimum absolute atomic E-state index is 0.185. The normalized spacial score (nSPS) is 10.2. The molecule has 1 aromatic heterocycles. The molecule has 19 heavy (non-hydrogen) atoms. The third-order valence-corrected chi connectivity index (χ3v) is 2.57. The van der Waals surface area contributed by atoms with E-state index >= 15 is 0 Å². The van der Waals surface area contributed by atoms with Crippen molar-refractivity contribution in [3.63, 3.8) is 0 Å². The van der Waals surface area contributed by atoms with E-state index in [9.17, 15) is 9.59 Å². The van der Waals surface area contributed by atoms with E-state index in [1.807, 2.05) is 19.1 Å². The van der Waals surface area contributed by atoms with Crippen LogP contribution in [0.1, 0.15) is 37.2 Å². The third-order valence-electron chi connectivity index (χ3n) is 2.57. The molecule has 0 fully saturated rings. The molecule has 2 amide bonds. The highest BCUT2D eigenvalue weighted by molar-refractivity contribution is 5.73. The molecule has 0 aliphatic carbocycles. The number of carboxylic acid groups (broad SMARTS) is 1. The number of unbranched alkanes of at least 4 members (excludes halogenated alkanes) is 2. The fourth-order valence-electron chi connectivity index (χ4n) is 1.59. The van der Waals surface area contributed by atoms with Gasteiger partial charge in [-0.05, 0) is 31.9 Å². The van der Waals surface area contributed by atoms with Crippen molar-refractivity contribution in [2.75, 3.05) is 6.54 Å². The summed E-state index contributed by atoms with van der Waals surface area (Å²) in [4.78, 5) is 21.7. The Kier molecular flexibility index (Phi) is 6.49. The Morgan fingerprint density at radius 3 is 2.63 bits per heavy atom. The number of carbonyl (C=O) groups excluding carboxylic acids is 1. The zero-order valence-corrected chi connectivity index (χ0v) is 11.1. The van der Waals surface area contributed by atoms with E-state index in [4.69, 9.17) is 9.52 Å². The molecule has 0 bridgehead atoms. The van der Waals surface area contributed by atoms with Crippen LogP contribution < -0.4 is 10.6 Å². The molecule has 1 rings (SSSR count). The Balaban J connectivity index is 2.00. The number of urea groups is 1. The molecule has 3 N–H and O–H groups in total. The van der Waals surface area contributed by atoms with E-state index in [0.29, 0.717) is 25.3 Å². The number of aliphatic carboxylic acids is 1. The molecule has 0 unspecified atom stereocenters. The van der Waals surface area contributed by atoms with Crippen LogP contribution in [0, 0.1) is 6.92 Å². The Hall–Kier alpha value is -1.98. The molecule has 0 aliphatic rings. The number of carboxylic acids is 1. The van der Waals surface area contributed by atoms with E-state index < -0.39 is 5.97 Å². The average molecular weight is 268 g/mol. The molecule has 0 atom stereocenters. The summed E-state index contributed by atoms with van der Waals surface area (Å²) in [5.41, 5.74) is 0. The van der Waals surface area contributed by atoms with Crippen molar-refractivity contribution in [3.8, 4) is 0 Å². The highest BCUT2D eigenvalue weighted by atomic mass is 16.4. The monoisotopic (exact) mass is 268 g/mol. The molecular weight excluding hydrogens is 248 g/mol. The molecule has 0 saturated carbocycles. The predicted molar refractivity (Wildman–Crippen MR) is 69.8 cm³/mol. The molecule has 1 aromatic rings.